The van der Waals surface area contributed by atoms with Crippen molar-refractivity contribution in [2.45, 2.75) is 26.8 Å². The molecule has 0 radical (unpaired) electrons. The average molecular weight is 250 g/mol. The number of hydrogen-bond donors (Lipinski definition) is 1. The van der Waals surface area contributed by atoms with Gasteiger partial charge in [0, 0.05) is 39.5 Å². The lowest BCUT2D eigenvalue weighted by molar-refractivity contribution is 0.199. The predicted octanol–water partition coefficient (Wildman–Crippen LogP) is 2.58. The molecular weight excluding hydrogens is 224 g/mol. The fraction of sp³-hybridized carbons (Fsp3) is 0.600. The summed E-state index contributed by atoms with van der Waals surface area (Å²) in [5, 5.41) is 3.38. The topological polar surface area (TPSA) is 24.5 Å². The van der Waals surface area contributed by atoms with Gasteiger partial charge in [0.25, 0.3) is 0 Å². The Morgan fingerprint density at radius 3 is 2.72 bits per heavy atom. The number of ether oxygens (including phenoxy) is 1. The second-order valence-electron chi connectivity index (χ2n) is 4.70. The van der Waals surface area contributed by atoms with Crippen LogP contribution in [0.5, 0.6) is 0 Å². The monoisotopic (exact) mass is 250 g/mol. The Morgan fingerprint density at radius 1 is 1.33 bits per heavy atom. The Balaban J connectivity index is 2.56. The summed E-state index contributed by atoms with van der Waals surface area (Å²) in [5.41, 5.74) is 4.01. The molecule has 0 heterocycles. The molecule has 0 spiro atoms. The van der Waals surface area contributed by atoms with Gasteiger partial charge in [0.05, 0.1) is 6.61 Å². The number of nitrogens with zero attached hydrogens (tertiary/aromatic N) is 1. The van der Waals surface area contributed by atoms with Gasteiger partial charge in [0.2, 0.25) is 0 Å². The lowest BCUT2D eigenvalue weighted by Gasteiger charge is -2.20. The van der Waals surface area contributed by atoms with Crippen LogP contribution in [0.25, 0.3) is 0 Å². The minimum atomic E-state index is 0.760. The highest BCUT2D eigenvalue weighted by Crippen LogP contribution is 2.18. The summed E-state index contributed by atoms with van der Waals surface area (Å²) in [7, 11) is 3.88. The highest BCUT2D eigenvalue weighted by atomic mass is 16.5. The van der Waals surface area contributed by atoms with Crippen LogP contribution in [0, 0.1) is 6.92 Å². The Bertz CT molecular complexity index is 352. The van der Waals surface area contributed by atoms with Crippen molar-refractivity contribution in [3.05, 3.63) is 29.3 Å². The van der Waals surface area contributed by atoms with Crippen molar-refractivity contribution in [1.82, 2.24) is 5.32 Å². The van der Waals surface area contributed by atoms with Gasteiger partial charge in [-0.05, 0) is 36.6 Å². The smallest absolute Gasteiger partial charge is 0.0587 e. The zero-order chi connectivity index (χ0) is 13.4. The lowest BCUT2D eigenvalue weighted by atomic mass is 10.1. The number of hydrogen-bond acceptors (Lipinski definition) is 3. The lowest BCUT2D eigenvalue weighted by Crippen LogP contribution is -2.20. The first-order chi connectivity index (χ1) is 8.69. The van der Waals surface area contributed by atoms with Crippen LogP contribution in [0.15, 0.2) is 18.2 Å². The molecule has 0 aromatic heterocycles. The molecule has 0 atom stereocenters. The van der Waals surface area contributed by atoms with E-state index in [9.17, 15) is 0 Å². The molecule has 3 heteroatoms. The average Bonchev–Trinajstić information content (AvgIpc) is 2.36. The van der Waals surface area contributed by atoms with E-state index in [0.29, 0.717) is 0 Å². The van der Waals surface area contributed by atoms with Crippen molar-refractivity contribution in [2.24, 2.45) is 0 Å². The Morgan fingerprint density at radius 2 is 2.11 bits per heavy atom. The van der Waals surface area contributed by atoms with Gasteiger partial charge in [0.15, 0.2) is 0 Å². The third-order valence-corrected chi connectivity index (χ3v) is 3.12. The maximum absolute atomic E-state index is 5.02. The Kier molecular flexibility index (Phi) is 6.76. The number of nitrogens with one attached hydrogen (secondary N) is 1. The molecule has 18 heavy (non-hydrogen) atoms. The Labute approximate surface area is 111 Å². The van der Waals surface area contributed by atoms with Crippen LogP contribution in [0.1, 0.15) is 24.5 Å². The van der Waals surface area contributed by atoms with Gasteiger partial charge < -0.3 is 15.0 Å². The van der Waals surface area contributed by atoms with E-state index >= 15 is 0 Å². The number of benzene rings is 1. The summed E-state index contributed by atoms with van der Waals surface area (Å²) >= 11 is 0. The van der Waals surface area contributed by atoms with Crippen molar-refractivity contribution < 1.29 is 4.74 Å². The molecule has 0 unspecified atom stereocenters. The SMILES string of the molecule is CCCN(C)c1ccc(CNCCOC)c(C)c1. The zero-order valence-corrected chi connectivity index (χ0v) is 12.1. The van der Waals surface area contributed by atoms with E-state index in [0.717, 1.165) is 26.2 Å². The van der Waals surface area contributed by atoms with Crippen LogP contribution in [0.4, 0.5) is 5.69 Å². The van der Waals surface area contributed by atoms with Crippen LogP contribution >= 0.6 is 0 Å². The normalized spacial score (nSPS) is 10.7. The van der Waals surface area contributed by atoms with Crippen molar-refractivity contribution in [1.29, 1.82) is 0 Å². The summed E-state index contributed by atoms with van der Waals surface area (Å²) < 4.78 is 5.02. The summed E-state index contributed by atoms with van der Waals surface area (Å²) in [6.07, 6.45) is 1.18. The molecule has 0 saturated heterocycles. The summed E-state index contributed by atoms with van der Waals surface area (Å²) in [6.45, 7) is 8.05. The van der Waals surface area contributed by atoms with Gasteiger partial charge >= 0.3 is 0 Å². The van der Waals surface area contributed by atoms with Gasteiger partial charge in [-0.1, -0.05) is 13.0 Å². The first kappa shape index (κ1) is 15.0. The predicted molar refractivity (Wildman–Crippen MR) is 78.3 cm³/mol. The molecule has 0 saturated carbocycles. The minimum absolute atomic E-state index is 0.760. The van der Waals surface area contributed by atoms with Crippen LogP contribution in [-0.2, 0) is 11.3 Å². The molecule has 0 fully saturated rings. The van der Waals surface area contributed by atoms with E-state index in [4.69, 9.17) is 4.74 Å². The van der Waals surface area contributed by atoms with Crippen LogP contribution < -0.4 is 10.2 Å². The molecule has 0 amide bonds. The molecule has 1 rings (SSSR count). The molecule has 0 aliphatic carbocycles. The molecule has 3 nitrogen and oxygen atoms in total. The zero-order valence-electron chi connectivity index (χ0n) is 12.1. The van der Waals surface area contributed by atoms with E-state index in [1.807, 2.05) is 0 Å². The van der Waals surface area contributed by atoms with E-state index in [-0.39, 0.29) is 0 Å². The third kappa shape index (κ3) is 4.67. The number of rotatable bonds is 8. The molecule has 1 aromatic carbocycles. The van der Waals surface area contributed by atoms with Crippen LogP contribution in [0.3, 0.4) is 0 Å². The summed E-state index contributed by atoms with van der Waals surface area (Å²) in [5.74, 6) is 0. The largest absolute Gasteiger partial charge is 0.383 e. The van der Waals surface area contributed by atoms with Crippen molar-refractivity contribution >= 4 is 5.69 Å². The molecular formula is C15H26N2O. The second-order valence-corrected chi connectivity index (χ2v) is 4.70. The van der Waals surface area contributed by atoms with E-state index in [1.165, 1.54) is 23.2 Å². The number of methoxy groups -OCH3 is 1. The van der Waals surface area contributed by atoms with Crippen molar-refractivity contribution in [3.63, 3.8) is 0 Å². The van der Waals surface area contributed by atoms with Gasteiger partial charge in [-0.25, -0.2) is 0 Å². The number of anilines is 1. The van der Waals surface area contributed by atoms with Gasteiger partial charge in [-0.2, -0.15) is 0 Å². The maximum atomic E-state index is 5.02. The molecule has 1 N–H and O–H groups in total. The highest BCUT2D eigenvalue weighted by molar-refractivity contribution is 5.50. The summed E-state index contributed by atoms with van der Waals surface area (Å²) in [4.78, 5) is 2.30. The fourth-order valence-corrected chi connectivity index (χ4v) is 1.98. The van der Waals surface area contributed by atoms with E-state index in [2.05, 4.69) is 49.3 Å². The second kappa shape index (κ2) is 8.11. The highest BCUT2D eigenvalue weighted by Gasteiger charge is 2.03. The van der Waals surface area contributed by atoms with Gasteiger partial charge in [-0.3, -0.25) is 0 Å². The molecule has 102 valence electrons. The third-order valence-electron chi connectivity index (χ3n) is 3.12. The van der Waals surface area contributed by atoms with Crippen molar-refractivity contribution in [2.75, 3.05) is 38.8 Å². The fourth-order valence-electron chi connectivity index (χ4n) is 1.98. The van der Waals surface area contributed by atoms with E-state index in [1.54, 1.807) is 7.11 Å². The summed E-state index contributed by atoms with van der Waals surface area (Å²) in [6, 6.07) is 6.69. The van der Waals surface area contributed by atoms with Crippen molar-refractivity contribution in [3.8, 4) is 0 Å². The quantitative estimate of drug-likeness (QED) is 0.718. The molecule has 0 aliphatic heterocycles. The molecule has 0 aliphatic rings. The first-order valence-electron chi connectivity index (χ1n) is 6.69. The standard InChI is InChI=1S/C15H26N2O/c1-5-9-17(3)15-7-6-14(13(2)11-15)12-16-8-10-18-4/h6-7,11,16H,5,8-10,12H2,1-4H3. The molecule has 0 bridgehead atoms. The van der Waals surface area contributed by atoms with Gasteiger partial charge in [-0.15, -0.1) is 0 Å². The maximum Gasteiger partial charge on any atom is 0.0587 e. The first-order valence-corrected chi connectivity index (χ1v) is 6.69. The van der Waals surface area contributed by atoms with E-state index < -0.39 is 0 Å². The molecule has 1 aromatic rings. The van der Waals surface area contributed by atoms with Crippen LogP contribution in [0.2, 0.25) is 0 Å². The van der Waals surface area contributed by atoms with Crippen LogP contribution in [-0.4, -0.2) is 33.9 Å². The minimum Gasteiger partial charge on any atom is -0.383 e. The number of aryl methyl sites for hydroxylation is 1. The van der Waals surface area contributed by atoms with Gasteiger partial charge in [0.1, 0.15) is 0 Å². The Hall–Kier alpha value is -1.06.